The van der Waals surface area contributed by atoms with Crippen LogP contribution in [0.5, 0.6) is 0 Å². The number of pyridine rings is 1. The molecule has 5 nitrogen and oxygen atoms in total. The molecule has 1 aromatic heterocycles. The minimum absolute atomic E-state index is 0.373. The topological polar surface area (TPSA) is 75.2 Å². The fourth-order valence-electron chi connectivity index (χ4n) is 1.55. The number of hydrogen-bond acceptors (Lipinski definition) is 5. The Morgan fingerprint density at radius 3 is 3.20 bits per heavy atom. The van der Waals surface area contributed by atoms with Crippen LogP contribution in [-0.2, 0) is 4.74 Å². The number of anilines is 2. The average Bonchev–Trinajstić information content (AvgIpc) is 2.29. The number of nitrogens with two attached hydrogens (primary N) is 1. The van der Waals surface area contributed by atoms with Crippen LogP contribution in [0.15, 0.2) is 18.2 Å². The second-order valence-electron chi connectivity index (χ2n) is 3.36. The van der Waals surface area contributed by atoms with Crippen LogP contribution in [0.2, 0.25) is 0 Å². The van der Waals surface area contributed by atoms with Crippen LogP contribution in [0.25, 0.3) is 0 Å². The third kappa shape index (κ3) is 2.17. The minimum atomic E-state index is -0.373. The van der Waals surface area contributed by atoms with Crippen molar-refractivity contribution in [2.75, 3.05) is 30.3 Å². The molecule has 1 aliphatic heterocycles. The molecular weight excluding hydrogens is 192 g/mol. The van der Waals surface area contributed by atoms with Crippen LogP contribution < -0.4 is 10.6 Å². The zero-order valence-corrected chi connectivity index (χ0v) is 8.26. The maximum atomic E-state index is 8.76. The summed E-state index contributed by atoms with van der Waals surface area (Å²) in [5.74, 6) is 1.30. The zero-order valence-electron chi connectivity index (χ0n) is 8.26. The molecule has 2 N–H and O–H groups in total. The highest BCUT2D eigenvalue weighted by Gasteiger charge is 2.20. The molecule has 0 spiro atoms. The van der Waals surface area contributed by atoms with Crippen molar-refractivity contribution in [2.45, 2.75) is 6.10 Å². The first-order valence-electron chi connectivity index (χ1n) is 4.78. The highest BCUT2D eigenvalue weighted by Crippen LogP contribution is 2.15. The molecule has 0 saturated carbocycles. The van der Waals surface area contributed by atoms with Gasteiger partial charge in [0.15, 0.2) is 6.10 Å². The molecule has 1 unspecified atom stereocenters. The van der Waals surface area contributed by atoms with Gasteiger partial charge in [0.25, 0.3) is 0 Å². The predicted octanol–water partition coefficient (Wildman–Crippen LogP) is 0.393. The first-order valence-corrected chi connectivity index (χ1v) is 4.78. The normalized spacial score (nSPS) is 21.0. The Kier molecular flexibility index (Phi) is 2.70. The van der Waals surface area contributed by atoms with Crippen LogP contribution in [0.4, 0.5) is 11.6 Å². The third-order valence-electron chi connectivity index (χ3n) is 2.29. The monoisotopic (exact) mass is 204 g/mol. The minimum Gasteiger partial charge on any atom is -0.384 e. The quantitative estimate of drug-likeness (QED) is 0.716. The molecule has 1 atom stereocenters. The van der Waals surface area contributed by atoms with E-state index in [-0.39, 0.29) is 6.10 Å². The lowest BCUT2D eigenvalue weighted by Gasteiger charge is -2.30. The second-order valence-corrected chi connectivity index (χ2v) is 3.36. The smallest absolute Gasteiger partial charge is 0.161 e. The van der Waals surface area contributed by atoms with Crippen LogP contribution in [0, 0.1) is 11.3 Å². The van der Waals surface area contributed by atoms with Gasteiger partial charge in [0.1, 0.15) is 11.6 Å². The number of nitrogen functional groups attached to an aromatic ring is 1. The molecule has 15 heavy (non-hydrogen) atoms. The largest absolute Gasteiger partial charge is 0.384 e. The third-order valence-corrected chi connectivity index (χ3v) is 2.29. The molecule has 0 aliphatic carbocycles. The van der Waals surface area contributed by atoms with E-state index in [0.29, 0.717) is 19.0 Å². The summed E-state index contributed by atoms with van der Waals surface area (Å²) < 4.78 is 5.25. The van der Waals surface area contributed by atoms with Gasteiger partial charge in [-0.2, -0.15) is 5.26 Å². The zero-order chi connectivity index (χ0) is 10.7. The fraction of sp³-hybridized carbons (Fsp3) is 0.400. The summed E-state index contributed by atoms with van der Waals surface area (Å²) >= 11 is 0. The molecule has 5 heteroatoms. The van der Waals surface area contributed by atoms with Crippen LogP contribution >= 0.6 is 0 Å². The van der Waals surface area contributed by atoms with Crippen molar-refractivity contribution in [1.82, 2.24) is 4.98 Å². The first-order chi connectivity index (χ1) is 7.29. The fourth-order valence-corrected chi connectivity index (χ4v) is 1.55. The molecule has 1 aliphatic rings. The van der Waals surface area contributed by atoms with Gasteiger partial charge in [-0.1, -0.05) is 6.07 Å². The lowest BCUT2D eigenvalue weighted by molar-refractivity contribution is 0.0761. The molecular formula is C10H12N4O. The number of aromatic nitrogens is 1. The number of morpholine rings is 1. The van der Waals surface area contributed by atoms with Crippen molar-refractivity contribution < 1.29 is 4.74 Å². The molecule has 1 fully saturated rings. The van der Waals surface area contributed by atoms with Gasteiger partial charge in [-0.05, 0) is 12.1 Å². The summed E-state index contributed by atoms with van der Waals surface area (Å²) in [6.07, 6.45) is -0.373. The van der Waals surface area contributed by atoms with Crippen molar-refractivity contribution >= 4 is 11.6 Å². The second kappa shape index (κ2) is 4.15. The number of ether oxygens (including phenoxy) is 1. The maximum Gasteiger partial charge on any atom is 0.161 e. The molecule has 0 amide bonds. The Bertz CT molecular complexity index is 387. The predicted molar refractivity (Wildman–Crippen MR) is 56.2 cm³/mol. The molecule has 0 aromatic carbocycles. The standard InChI is InChI=1S/C10H12N4O/c11-6-8-7-14(4-5-15-8)10-3-1-2-9(12)13-10/h1-3,8H,4-5,7H2,(H2,12,13). The summed E-state index contributed by atoms with van der Waals surface area (Å²) in [7, 11) is 0. The van der Waals surface area contributed by atoms with Gasteiger partial charge >= 0.3 is 0 Å². The van der Waals surface area contributed by atoms with Crippen molar-refractivity contribution in [3.8, 4) is 6.07 Å². The molecule has 0 bridgehead atoms. The van der Waals surface area contributed by atoms with Crippen molar-refractivity contribution in [2.24, 2.45) is 0 Å². The van der Waals surface area contributed by atoms with Crippen molar-refractivity contribution in [3.63, 3.8) is 0 Å². The van der Waals surface area contributed by atoms with E-state index in [9.17, 15) is 0 Å². The highest BCUT2D eigenvalue weighted by atomic mass is 16.5. The summed E-state index contributed by atoms with van der Waals surface area (Å²) in [6, 6.07) is 7.58. The Balaban J connectivity index is 2.14. The van der Waals surface area contributed by atoms with Gasteiger partial charge in [0.2, 0.25) is 0 Å². The van der Waals surface area contributed by atoms with Gasteiger partial charge < -0.3 is 15.4 Å². The van der Waals surface area contributed by atoms with Crippen LogP contribution in [0.3, 0.4) is 0 Å². The summed E-state index contributed by atoms with van der Waals surface area (Å²) in [4.78, 5) is 6.21. The van der Waals surface area contributed by atoms with Crippen LogP contribution in [0.1, 0.15) is 0 Å². The Morgan fingerprint density at radius 2 is 2.47 bits per heavy atom. The van der Waals surface area contributed by atoms with E-state index in [1.54, 1.807) is 6.07 Å². The number of nitrogens with zero attached hydrogens (tertiary/aromatic N) is 3. The van der Waals surface area contributed by atoms with Crippen molar-refractivity contribution in [3.05, 3.63) is 18.2 Å². The van der Waals surface area contributed by atoms with Gasteiger partial charge in [-0.25, -0.2) is 4.98 Å². The molecule has 1 saturated heterocycles. The SMILES string of the molecule is N#CC1CN(c2cccc(N)n2)CCO1. The molecule has 78 valence electrons. The highest BCUT2D eigenvalue weighted by molar-refractivity contribution is 5.45. The van der Waals surface area contributed by atoms with E-state index >= 15 is 0 Å². The lowest BCUT2D eigenvalue weighted by Crippen LogP contribution is -2.42. The van der Waals surface area contributed by atoms with Gasteiger partial charge in [0, 0.05) is 6.54 Å². The Labute approximate surface area is 88.1 Å². The maximum absolute atomic E-state index is 8.76. The van der Waals surface area contributed by atoms with E-state index < -0.39 is 0 Å². The van der Waals surface area contributed by atoms with E-state index in [2.05, 4.69) is 11.1 Å². The Morgan fingerprint density at radius 1 is 1.60 bits per heavy atom. The van der Waals surface area contributed by atoms with Gasteiger partial charge in [0.05, 0.1) is 19.2 Å². The Hall–Kier alpha value is -1.80. The van der Waals surface area contributed by atoms with E-state index in [4.69, 9.17) is 15.7 Å². The van der Waals surface area contributed by atoms with E-state index in [0.717, 1.165) is 12.4 Å². The van der Waals surface area contributed by atoms with E-state index in [1.165, 1.54) is 0 Å². The first kappa shape index (κ1) is 9.74. The molecule has 1 aromatic rings. The van der Waals surface area contributed by atoms with Crippen LogP contribution in [-0.4, -0.2) is 30.8 Å². The lowest BCUT2D eigenvalue weighted by atomic mass is 10.3. The number of hydrogen-bond donors (Lipinski definition) is 1. The molecule has 0 radical (unpaired) electrons. The molecule has 2 heterocycles. The summed E-state index contributed by atoms with van der Waals surface area (Å²) in [5, 5.41) is 8.76. The summed E-state index contributed by atoms with van der Waals surface area (Å²) in [5.41, 5.74) is 5.60. The van der Waals surface area contributed by atoms with Crippen molar-refractivity contribution in [1.29, 1.82) is 5.26 Å². The van der Waals surface area contributed by atoms with E-state index in [1.807, 2.05) is 17.0 Å². The van der Waals surface area contributed by atoms with Gasteiger partial charge in [-0.3, -0.25) is 0 Å². The van der Waals surface area contributed by atoms with Gasteiger partial charge in [-0.15, -0.1) is 0 Å². The number of nitriles is 1. The average molecular weight is 204 g/mol. The summed E-state index contributed by atoms with van der Waals surface area (Å²) in [6.45, 7) is 1.84. The molecule has 2 rings (SSSR count). The number of rotatable bonds is 1.